The molecule has 1 N–H and O–H groups in total. The van der Waals surface area contributed by atoms with Crippen molar-refractivity contribution in [2.24, 2.45) is 0 Å². The SMILES string of the molecule is Cc1nn(Cc2ccccc2)c(C)c1CNC(=O)COC(=O)c1c(C)nn2cccnc12. The molecule has 3 aromatic heterocycles. The van der Waals surface area contributed by atoms with Crippen LogP contribution in [0.15, 0.2) is 48.8 Å². The molecule has 0 unspecified atom stereocenters. The molecule has 0 fully saturated rings. The molecule has 164 valence electrons. The Balaban J connectivity index is 1.35. The van der Waals surface area contributed by atoms with Crippen LogP contribution in [-0.2, 0) is 22.6 Å². The van der Waals surface area contributed by atoms with Gasteiger partial charge in [-0.1, -0.05) is 30.3 Å². The van der Waals surface area contributed by atoms with Crippen LogP contribution in [0.2, 0.25) is 0 Å². The van der Waals surface area contributed by atoms with E-state index >= 15 is 0 Å². The van der Waals surface area contributed by atoms with Crippen molar-refractivity contribution < 1.29 is 14.3 Å². The van der Waals surface area contributed by atoms with Crippen LogP contribution in [0, 0.1) is 20.8 Å². The Bertz CT molecular complexity index is 1280. The van der Waals surface area contributed by atoms with E-state index in [2.05, 4.69) is 20.5 Å². The molecule has 1 amide bonds. The quantitative estimate of drug-likeness (QED) is 0.450. The van der Waals surface area contributed by atoms with Crippen molar-refractivity contribution in [2.75, 3.05) is 6.61 Å². The lowest BCUT2D eigenvalue weighted by molar-refractivity contribution is -0.124. The van der Waals surface area contributed by atoms with Gasteiger partial charge in [0.1, 0.15) is 5.56 Å². The maximum Gasteiger partial charge on any atom is 0.344 e. The van der Waals surface area contributed by atoms with Gasteiger partial charge in [-0.2, -0.15) is 10.2 Å². The number of nitrogens with zero attached hydrogens (tertiary/aromatic N) is 5. The molecule has 0 saturated carbocycles. The third kappa shape index (κ3) is 4.36. The Morgan fingerprint density at radius 1 is 1.03 bits per heavy atom. The number of nitrogens with one attached hydrogen (secondary N) is 1. The van der Waals surface area contributed by atoms with Crippen molar-refractivity contribution in [1.82, 2.24) is 29.7 Å². The van der Waals surface area contributed by atoms with Crippen LogP contribution in [0.5, 0.6) is 0 Å². The van der Waals surface area contributed by atoms with Gasteiger partial charge in [-0.25, -0.2) is 14.3 Å². The second kappa shape index (κ2) is 9.01. The Morgan fingerprint density at radius 2 is 1.81 bits per heavy atom. The van der Waals surface area contributed by atoms with Gasteiger partial charge in [0.05, 0.1) is 17.9 Å². The molecule has 4 rings (SSSR count). The van der Waals surface area contributed by atoms with Crippen LogP contribution in [-0.4, -0.2) is 42.9 Å². The van der Waals surface area contributed by atoms with Gasteiger partial charge in [-0.3, -0.25) is 9.48 Å². The van der Waals surface area contributed by atoms with Gasteiger partial charge in [0.15, 0.2) is 12.3 Å². The Hall–Kier alpha value is -4.01. The second-order valence-electron chi connectivity index (χ2n) is 7.49. The highest BCUT2D eigenvalue weighted by molar-refractivity contribution is 5.98. The van der Waals surface area contributed by atoms with Crippen LogP contribution in [0.1, 0.15) is 38.6 Å². The molecule has 0 bridgehead atoms. The van der Waals surface area contributed by atoms with Gasteiger partial charge in [-0.05, 0) is 32.4 Å². The summed E-state index contributed by atoms with van der Waals surface area (Å²) in [5.41, 5.74) is 5.08. The lowest BCUT2D eigenvalue weighted by atomic mass is 10.2. The van der Waals surface area contributed by atoms with Crippen molar-refractivity contribution >= 4 is 17.5 Å². The van der Waals surface area contributed by atoms with Crippen molar-refractivity contribution in [3.8, 4) is 0 Å². The molecule has 9 heteroatoms. The number of benzene rings is 1. The zero-order chi connectivity index (χ0) is 22.7. The summed E-state index contributed by atoms with van der Waals surface area (Å²) < 4.78 is 8.63. The third-order valence-electron chi connectivity index (χ3n) is 5.28. The molecule has 9 nitrogen and oxygen atoms in total. The molecular formula is C23H24N6O3. The summed E-state index contributed by atoms with van der Waals surface area (Å²) in [6.07, 6.45) is 3.27. The van der Waals surface area contributed by atoms with Crippen molar-refractivity contribution in [3.63, 3.8) is 0 Å². The maximum absolute atomic E-state index is 12.5. The number of ether oxygens (including phenoxy) is 1. The standard InChI is InChI=1S/C23H24N6O3/c1-15-19(17(3)29(26-15)13-18-8-5-4-6-9-18)12-25-20(30)14-32-23(31)21-16(2)27-28-11-7-10-24-22(21)28/h4-11H,12-14H2,1-3H3,(H,25,30). The third-order valence-corrected chi connectivity index (χ3v) is 5.28. The first-order valence-corrected chi connectivity index (χ1v) is 10.2. The summed E-state index contributed by atoms with van der Waals surface area (Å²) in [6.45, 7) is 6.16. The van der Waals surface area contributed by atoms with Crippen molar-refractivity contribution in [1.29, 1.82) is 0 Å². The zero-order valence-corrected chi connectivity index (χ0v) is 18.2. The van der Waals surface area contributed by atoms with Crippen LogP contribution < -0.4 is 5.32 Å². The van der Waals surface area contributed by atoms with Gasteiger partial charge in [0.2, 0.25) is 0 Å². The van der Waals surface area contributed by atoms with E-state index in [1.807, 2.05) is 48.9 Å². The van der Waals surface area contributed by atoms with E-state index in [1.165, 1.54) is 4.52 Å². The van der Waals surface area contributed by atoms with Gasteiger partial charge < -0.3 is 10.1 Å². The Morgan fingerprint density at radius 3 is 2.59 bits per heavy atom. The molecule has 0 aliphatic carbocycles. The fourth-order valence-electron chi connectivity index (χ4n) is 3.58. The van der Waals surface area contributed by atoms with E-state index in [-0.39, 0.29) is 5.56 Å². The molecule has 32 heavy (non-hydrogen) atoms. The minimum absolute atomic E-state index is 0.257. The van der Waals surface area contributed by atoms with Gasteiger partial charge in [-0.15, -0.1) is 0 Å². The number of fused-ring (bicyclic) bond motifs is 1. The minimum Gasteiger partial charge on any atom is -0.452 e. The molecule has 3 heterocycles. The highest BCUT2D eigenvalue weighted by atomic mass is 16.5. The van der Waals surface area contributed by atoms with E-state index in [0.29, 0.717) is 24.4 Å². The fraction of sp³-hybridized carbons (Fsp3) is 0.261. The minimum atomic E-state index is -0.630. The largest absolute Gasteiger partial charge is 0.452 e. The summed E-state index contributed by atoms with van der Waals surface area (Å²) in [7, 11) is 0. The van der Waals surface area contributed by atoms with Crippen LogP contribution in [0.4, 0.5) is 0 Å². The van der Waals surface area contributed by atoms with E-state index in [0.717, 1.165) is 22.5 Å². The summed E-state index contributed by atoms with van der Waals surface area (Å²) >= 11 is 0. The summed E-state index contributed by atoms with van der Waals surface area (Å²) in [5.74, 6) is -1.02. The highest BCUT2D eigenvalue weighted by Crippen LogP contribution is 2.16. The second-order valence-corrected chi connectivity index (χ2v) is 7.49. The number of rotatable bonds is 7. The molecule has 0 atom stereocenters. The smallest absolute Gasteiger partial charge is 0.344 e. The van der Waals surface area contributed by atoms with Crippen molar-refractivity contribution in [2.45, 2.75) is 33.9 Å². The Labute approximate surface area is 185 Å². The van der Waals surface area contributed by atoms with E-state index in [9.17, 15) is 9.59 Å². The molecule has 0 radical (unpaired) electrons. The van der Waals surface area contributed by atoms with Crippen LogP contribution in [0.3, 0.4) is 0 Å². The number of hydrogen-bond donors (Lipinski definition) is 1. The fourth-order valence-corrected chi connectivity index (χ4v) is 3.58. The monoisotopic (exact) mass is 432 g/mol. The number of aryl methyl sites for hydroxylation is 2. The first kappa shape index (κ1) is 21.2. The summed E-state index contributed by atoms with van der Waals surface area (Å²) in [4.78, 5) is 29.0. The molecule has 0 spiro atoms. The first-order valence-electron chi connectivity index (χ1n) is 10.2. The van der Waals surface area contributed by atoms with Crippen molar-refractivity contribution in [3.05, 3.63) is 82.6 Å². The predicted molar refractivity (Wildman–Crippen MR) is 117 cm³/mol. The number of carbonyl (C=O) groups excluding carboxylic acids is 2. The van der Waals surface area contributed by atoms with Crippen LogP contribution in [0.25, 0.3) is 5.65 Å². The lowest BCUT2D eigenvalue weighted by Gasteiger charge is -2.08. The molecular weight excluding hydrogens is 408 g/mol. The lowest BCUT2D eigenvalue weighted by Crippen LogP contribution is -2.29. The maximum atomic E-state index is 12.5. The topological polar surface area (TPSA) is 103 Å². The molecule has 4 aromatic rings. The molecule has 0 aliphatic heterocycles. The first-order chi connectivity index (χ1) is 15.4. The number of amides is 1. The predicted octanol–water partition coefficient (Wildman–Crippen LogP) is 2.37. The average molecular weight is 432 g/mol. The normalized spacial score (nSPS) is 11.0. The highest BCUT2D eigenvalue weighted by Gasteiger charge is 2.20. The van der Waals surface area contributed by atoms with E-state index in [1.54, 1.807) is 25.4 Å². The van der Waals surface area contributed by atoms with Gasteiger partial charge in [0.25, 0.3) is 5.91 Å². The summed E-state index contributed by atoms with van der Waals surface area (Å²) in [5, 5.41) is 11.6. The molecule has 0 aliphatic rings. The number of esters is 1. The Kier molecular flexibility index (Phi) is 5.98. The molecule has 0 saturated heterocycles. The van der Waals surface area contributed by atoms with Crippen LogP contribution >= 0.6 is 0 Å². The molecule has 1 aromatic carbocycles. The van der Waals surface area contributed by atoms with E-state index < -0.39 is 18.5 Å². The van der Waals surface area contributed by atoms with E-state index in [4.69, 9.17) is 4.74 Å². The number of carbonyl (C=O) groups is 2. The van der Waals surface area contributed by atoms with Gasteiger partial charge in [0, 0.05) is 30.2 Å². The summed E-state index contributed by atoms with van der Waals surface area (Å²) in [6, 6.07) is 11.8. The average Bonchev–Trinajstić information content (AvgIpc) is 3.26. The number of aromatic nitrogens is 5. The van der Waals surface area contributed by atoms with Gasteiger partial charge >= 0.3 is 5.97 Å². The zero-order valence-electron chi connectivity index (χ0n) is 18.2. The number of hydrogen-bond acceptors (Lipinski definition) is 6.